The number of furan rings is 1. The first-order valence-corrected chi connectivity index (χ1v) is 7.05. The molecule has 3 aromatic rings. The normalized spacial score (nSPS) is 12.7. The summed E-state index contributed by atoms with van der Waals surface area (Å²) in [6.07, 6.45) is 1.87. The zero-order chi connectivity index (χ0) is 13.9. The van der Waals surface area contributed by atoms with Crippen LogP contribution in [0.15, 0.2) is 59.2 Å². The van der Waals surface area contributed by atoms with Gasteiger partial charge in [-0.2, -0.15) is 0 Å². The molecular formula is C18H19NO. The number of nitrogens with one attached hydrogen (secondary N) is 1. The SMILES string of the molecule is CCNC(c1ccc(C)cc1)c1coc2ccccc12. The predicted octanol–water partition coefficient (Wildman–Crippen LogP) is 4.44. The van der Waals surface area contributed by atoms with E-state index >= 15 is 0 Å². The molecule has 20 heavy (non-hydrogen) atoms. The summed E-state index contributed by atoms with van der Waals surface area (Å²) in [7, 11) is 0. The highest BCUT2D eigenvalue weighted by Crippen LogP contribution is 2.30. The number of rotatable bonds is 4. The second kappa shape index (κ2) is 5.51. The Bertz CT molecular complexity index is 697. The van der Waals surface area contributed by atoms with Crippen LogP contribution in [-0.4, -0.2) is 6.54 Å². The number of benzene rings is 2. The van der Waals surface area contributed by atoms with Crippen molar-refractivity contribution in [2.45, 2.75) is 19.9 Å². The minimum absolute atomic E-state index is 0.171. The van der Waals surface area contributed by atoms with Gasteiger partial charge in [-0.05, 0) is 25.1 Å². The number of hydrogen-bond acceptors (Lipinski definition) is 2. The van der Waals surface area contributed by atoms with Gasteiger partial charge in [0.25, 0.3) is 0 Å². The summed E-state index contributed by atoms with van der Waals surface area (Å²) >= 11 is 0. The standard InChI is InChI=1S/C18H19NO/c1-3-19-18(14-10-8-13(2)9-11-14)16-12-20-17-7-5-4-6-15(16)17/h4-12,18-19H,3H2,1-2H3. The van der Waals surface area contributed by atoms with Crippen molar-refractivity contribution in [3.63, 3.8) is 0 Å². The summed E-state index contributed by atoms with van der Waals surface area (Å²) < 4.78 is 5.68. The van der Waals surface area contributed by atoms with Crippen molar-refractivity contribution in [2.24, 2.45) is 0 Å². The van der Waals surface area contributed by atoms with Crippen molar-refractivity contribution in [1.82, 2.24) is 5.32 Å². The Kier molecular flexibility index (Phi) is 3.57. The molecule has 1 unspecified atom stereocenters. The maximum atomic E-state index is 5.68. The van der Waals surface area contributed by atoms with Crippen LogP contribution in [0, 0.1) is 6.92 Å². The van der Waals surface area contributed by atoms with Crippen LogP contribution in [0.25, 0.3) is 11.0 Å². The van der Waals surface area contributed by atoms with Gasteiger partial charge in [0.15, 0.2) is 0 Å². The third kappa shape index (κ3) is 2.35. The van der Waals surface area contributed by atoms with Crippen LogP contribution in [-0.2, 0) is 0 Å². The van der Waals surface area contributed by atoms with Crippen LogP contribution in [0.5, 0.6) is 0 Å². The number of aryl methyl sites for hydroxylation is 1. The summed E-state index contributed by atoms with van der Waals surface area (Å²) in [4.78, 5) is 0. The molecule has 0 fully saturated rings. The van der Waals surface area contributed by atoms with E-state index in [4.69, 9.17) is 4.42 Å². The maximum Gasteiger partial charge on any atom is 0.134 e. The Morgan fingerprint density at radius 3 is 2.55 bits per heavy atom. The maximum absolute atomic E-state index is 5.68. The zero-order valence-corrected chi connectivity index (χ0v) is 11.9. The van der Waals surface area contributed by atoms with Crippen molar-refractivity contribution < 1.29 is 4.42 Å². The van der Waals surface area contributed by atoms with Gasteiger partial charge in [-0.25, -0.2) is 0 Å². The van der Waals surface area contributed by atoms with Gasteiger partial charge >= 0.3 is 0 Å². The van der Waals surface area contributed by atoms with E-state index in [0.717, 1.165) is 12.1 Å². The summed E-state index contributed by atoms with van der Waals surface area (Å²) in [6.45, 7) is 5.15. The van der Waals surface area contributed by atoms with Gasteiger partial charge < -0.3 is 9.73 Å². The molecule has 1 atom stereocenters. The minimum Gasteiger partial charge on any atom is -0.464 e. The highest BCUT2D eigenvalue weighted by Gasteiger charge is 2.17. The second-order valence-electron chi connectivity index (χ2n) is 5.09. The van der Waals surface area contributed by atoms with Crippen molar-refractivity contribution in [1.29, 1.82) is 0 Å². The Labute approximate surface area is 119 Å². The van der Waals surface area contributed by atoms with Crippen molar-refractivity contribution in [3.05, 3.63) is 71.5 Å². The molecule has 2 heteroatoms. The van der Waals surface area contributed by atoms with E-state index in [1.54, 1.807) is 0 Å². The first-order chi connectivity index (χ1) is 9.79. The molecule has 3 rings (SSSR count). The van der Waals surface area contributed by atoms with E-state index in [-0.39, 0.29) is 6.04 Å². The lowest BCUT2D eigenvalue weighted by Gasteiger charge is -2.17. The Balaban J connectivity index is 2.08. The highest BCUT2D eigenvalue weighted by molar-refractivity contribution is 5.81. The molecule has 0 bridgehead atoms. The number of fused-ring (bicyclic) bond motifs is 1. The molecule has 1 aromatic heterocycles. The average molecular weight is 265 g/mol. The Morgan fingerprint density at radius 2 is 1.80 bits per heavy atom. The van der Waals surface area contributed by atoms with Crippen LogP contribution in [0.2, 0.25) is 0 Å². The fraction of sp³-hybridized carbons (Fsp3) is 0.222. The molecule has 1 N–H and O–H groups in total. The first kappa shape index (κ1) is 12.9. The van der Waals surface area contributed by atoms with E-state index in [1.165, 1.54) is 22.1 Å². The lowest BCUT2D eigenvalue weighted by atomic mass is 9.97. The Morgan fingerprint density at radius 1 is 1.05 bits per heavy atom. The van der Waals surface area contributed by atoms with Crippen LogP contribution < -0.4 is 5.32 Å². The lowest BCUT2D eigenvalue weighted by Crippen LogP contribution is -2.21. The summed E-state index contributed by atoms with van der Waals surface area (Å²) in [5, 5.41) is 4.73. The van der Waals surface area contributed by atoms with Crippen molar-refractivity contribution in [3.8, 4) is 0 Å². The molecule has 0 aliphatic heterocycles. The zero-order valence-electron chi connectivity index (χ0n) is 11.9. The molecule has 0 radical (unpaired) electrons. The van der Waals surface area contributed by atoms with E-state index in [2.05, 4.69) is 55.6 Å². The summed E-state index contributed by atoms with van der Waals surface area (Å²) in [6, 6.07) is 17.0. The van der Waals surface area contributed by atoms with Crippen molar-refractivity contribution >= 4 is 11.0 Å². The van der Waals surface area contributed by atoms with Gasteiger partial charge in [-0.3, -0.25) is 0 Å². The number of hydrogen-bond donors (Lipinski definition) is 1. The molecule has 0 spiro atoms. The van der Waals surface area contributed by atoms with Crippen LogP contribution in [0.4, 0.5) is 0 Å². The third-order valence-electron chi connectivity index (χ3n) is 3.64. The van der Waals surface area contributed by atoms with E-state index in [9.17, 15) is 0 Å². The van der Waals surface area contributed by atoms with E-state index in [1.807, 2.05) is 18.4 Å². The average Bonchev–Trinajstić information content (AvgIpc) is 2.90. The van der Waals surface area contributed by atoms with E-state index < -0.39 is 0 Å². The smallest absolute Gasteiger partial charge is 0.134 e. The summed E-state index contributed by atoms with van der Waals surface area (Å²) in [5.41, 5.74) is 4.69. The van der Waals surface area contributed by atoms with Gasteiger partial charge in [0.1, 0.15) is 5.58 Å². The molecule has 102 valence electrons. The molecule has 2 aromatic carbocycles. The van der Waals surface area contributed by atoms with Gasteiger partial charge in [0.05, 0.1) is 12.3 Å². The lowest BCUT2D eigenvalue weighted by molar-refractivity contribution is 0.584. The molecular weight excluding hydrogens is 246 g/mol. The largest absolute Gasteiger partial charge is 0.464 e. The first-order valence-electron chi connectivity index (χ1n) is 7.05. The molecule has 1 heterocycles. The Hall–Kier alpha value is -2.06. The highest BCUT2D eigenvalue weighted by atomic mass is 16.3. The number of para-hydroxylation sites is 1. The summed E-state index contributed by atoms with van der Waals surface area (Å²) in [5.74, 6) is 0. The molecule has 0 saturated carbocycles. The van der Waals surface area contributed by atoms with Gasteiger partial charge in [-0.15, -0.1) is 0 Å². The minimum atomic E-state index is 0.171. The van der Waals surface area contributed by atoms with Crippen LogP contribution in [0.1, 0.15) is 29.7 Å². The van der Waals surface area contributed by atoms with Gasteiger partial charge in [0, 0.05) is 10.9 Å². The van der Waals surface area contributed by atoms with Gasteiger partial charge in [0.2, 0.25) is 0 Å². The fourth-order valence-corrected chi connectivity index (χ4v) is 2.59. The van der Waals surface area contributed by atoms with Crippen LogP contribution >= 0.6 is 0 Å². The molecule has 2 nitrogen and oxygen atoms in total. The molecule has 0 amide bonds. The predicted molar refractivity (Wildman–Crippen MR) is 82.9 cm³/mol. The monoisotopic (exact) mass is 265 g/mol. The van der Waals surface area contributed by atoms with E-state index in [0.29, 0.717) is 0 Å². The quantitative estimate of drug-likeness (QED) is 0.754. The fourth-order valence-electron chi connectivity index (χ4n) is 2.59. The van der Waals surface area contributed by atoms with Gasteiger partial charge in [-0.1, -0.05) is 55.0 Å². The second-order valence-corrected chi connectivity index (χ2v) is 5.09. The molecule has 0 saturated heterocycles. The van der Waals surface area contributed by atoms with Crippen molar-refractivity contribution in [2.75, 3.05) is 6.54 Å². The topological polar surface area (TPSA) is 25.2 Å². The molecule has 0 aliphatic rings. The van der Waals surface area contributed by atoms with Crippen LogP contribution in [0.3, 0.4) is 0 Å². The third-order valence-corrected chi connectivity index (χ3v) is 3.64. The molecule has 0 aliphatic carbocycles.